The van der Waals surface area contributed by atoms with Gasteiger partial charge in [0.2, 0.25) is 11.8 Å². The van der Waals surface area contributed by atoms with E-state index in [0.717, 1.165) is 0 Å². The second kappa shape index (κ2) is 8.91. The zero-order valence-electron chi connectivity index (χ0n) is 17.2. The third-order valence-electron chi connectivity index (χ3n) is 5.67. The van der Waals surface area contributed by atoms with Gasteiger partial charge in [-0.3, -0.25) is 14.4 Å². The molecule has 0 aromatic heterocycles. The van der Waals surface area contributed by atoms with E-state index in [1.807, 2.05) is 6.07 Å². The van der Waals surface area contributed by atoms with Crippen molar-refractivity contribution < 1.29 is 24.6 Å². The quantitative estimate of drug-likeness (QED) is 0.382. The van der Waals surface area contributed by atoms with Gasteiger partial charge in [0.05, 0.1) is 25.3 Å². The standard InChI is InChI=1S/C23H24N4O5/c24-10-20(29)25-11-21(30)26-13-5-6-18-16(9-13)17(23(32)27-18)7-12-8-19(28)14-3-1-2-4-15(14)22(12)31/h1-7,9,12,19,22,28,31H,8,10-11,24H2,(H,25,29)(H,26,30)(H,27,32). The molecule has 3 amide bonds. The summed E-state index contributed by atoms with van der Waals surface area (Å²) in [6.07, 6.45) is 0.363. The lowest BCUT2D eigenvalue weighted by Gasteiger charge is -2.31. The fourth-order valence-electron chi connectivity index (χ4n) is 4.09. The van der Waals surface area contributed by atoms with Crippen molar-refractivity contribution in [3.63, 3.8) is 0 Å². The van der Waals surface area contributed by atoms with Gasteiger partial charge < -0.3 is 31.9 Å². The number of aliphatic hydroxyl groups excluding tert-OH is 2. The molecule has 0 spiro atoms. The molecule has 166 valence electrons. The van der Waals surface area contributed by atoms with Gasteiger partial charge in [-0.05, 0) is 35.7 Å². The van der Waals surface area contributed by atoms with Crippen molar-refractivity contribution >= 4 is 34.7 Å². The molecule has 0 radical (unpaired) electrons. The summed E-state index contributed by atoms with van der Waals surface area (Å²) in [7, 11) is 0. The van der Waals surface area contributed by atoms with E-state index in [0.29, 0.717) is 33.6 Å². The largest absolute Gasteiger partial charge is 0.388 e. The van der Waals surface area contributed by atoms with Crippen LogP contribution in [0, 0.1) is 5.92 Å². The average molecular weight is 436 g/mol. The minimum Gasteiger partial charge on any atom is -0.388 e. The Morgan fingerprint density at radius 1 is 1.12 bits per heavy atom. The molecule has 0 saturated heterocycles. The number of hydrogen-bond donors (Lipinski definition) is 6. The van der Waals surface area contributed by atoms with Crippen LogP contribution < -0.4 is 21.7 Å². The van der Waals surface area contributed by atoms with Crippen LogP contribution in [-0.4, -0.2) is 41.0 Å². The van der Waals surface area contributed by atoms with Crippen LogP contribution in [0.5, 0.6) is 0 Å². The van der Waals surface area contributed by atoms with Crippen molar-refractivity contribution in [2.45, 2.75) is 18.6 Å². The van der Waals surface area contributed by atoms with Crippen LogP contribution in [-0.2, 0) is 14.4 Å². The summed E-state index contributed by atoms with van der Waals surface area (Å²) in [5.41, 5.74) is 8.52. The molecule has 7 N–H and O–H groups in total. The van der Waals surface area contributed by atoms with Crippen molar-refractivity contribution in [3.8, 4) is 0 Å². The third kappa shape index (κ3) is 4.26. The van der Waals surface area contributed by atoms with Crippen LogP contribution in [0.25, 0.3) is 5.57 Å². The molecule has 32 heavy (non-hydrogen) atoms. The molecule has 2 aromatic carbocycles. The average Bonchev–Trinajstić information content (AvgIpc) is 3.10. The smallest absolute Gasteiger partial charge is 0.256 e. The highest BCUT2D eigenvalue weighted by Gasteiger charge is 2.34. The molecule has 2 aromatic rings. The molecule has 0 fully saturated rings. The Morgan fingerprint density at radius 2 is 1.88 bits per heavy atom. The summed E-state index contributed by atoms with van der Waals surface area (Å²) in [6, 6.07) is 12.1. The van der Waals surface area contributed by atoms with Crippen LogP contribution in [0.1, 0.15) is 35.3 Å². The molecule has 1 heterocycles. The number of benzene rings is 2. The number of rotatable bonds is 5. The fourth-order valence-corrected chi connectivity index (χ4v) is 4.09. The highest BCUT2D eigenvalue weighted by Crippen LogP contribution is 2.43. The predicted molar refractivity (Wildman–Crippen MR) is 118 cm³/mol. The molecule has 9 nitrogen and oxygen atoms in total. The minimum atomic E-state index is -0.854. The first kappa shape index (κ1) is 21.7. The van der Waals surface area contributed by atoms with E-state index in [4.69, 9.17) is 5.73 Å². The van der Waals surface area contributed by atoms with E-state index in [9.17, 15) is 24.6 Å². The highest BCUT2D eigenvalue weighted by atomic mass is 16.3. The second-order valence-corrected chi connectivity index (χ2v) is 7.81. The summed E-state index contributed by atoms with van der Waals surface area (Å²) in [5, 5.41) is 29.2. The maximum Gasteiger partial charge on any atom is 0.256 e. The first-order chi connectivity index (χ1) is 15.4. The van der Waals surface area contributed by atoms with Crippen molar-refractivity contribution in [1.82, 2.24) is 5.32 Å². The summed E-state index contributed by atoms with van der Waals surface area (Å²) in [5.74, 6) is -1.66. The van der Waals surface area contributed by atoms with Gasteiger partial charge in [-0.15, -0.1) is 0 Å². The van der Waals surface area contributed by atoms with Gasteiger partial charge >= 0.3 is 0 Å². The first-order valence-electron chi connectivity index (χ1n) is 10.3. The van der Waals surface area contributed by atoms with E-state index in [2.05, 4.69) is 16.0 Å². The van der Waals surface area contributed by atoms with Crippen LogP contribution in [0.2, 0.25) is 0 Å². The minimum absolute atomic E-state index is 0.208. The third-order valence-corrected chi connectivity index (χ3v) is 5.67. The van der Waals surface area contributed by atoms with Gasteiger partial charge in [-0.2, -0.15) is 0 Å². The number of nitrogens with one attached hydrogen (secondary N) is 3. The van der Waals surface area contributed by atoms with Crippen LogP contribution in [0.15, 0.2) is 48.5 Å². The van der Waals surface area contributed by atoms with E-state index < -0.39 is 29.9 Å². The Morgan fingerprint density at radius 3 is 2.62 bits per heavy atom. The number of anilines is 2. The molecular weight excluding hydrogens is 412 g/mol. The number of amides is 3. The highest BCUT2D eigenvalue weighted by molar-refractivity contribution is 6.31. The van der Waals surface area contributed by atoms with E-state index in [-0.39, 0.29) is 25.4 Å². The number of aliphatic hydroxyl groups is 2. The fraction of sp³-hybridized carbons (Fsp3) is 0.261. The predicted octanol–water partition coefficient (Wildman–Crippen LogP) is 0.822. The first-order valence-corrected chi connectivity index (χ1v) is 10.3. The summed E-state index contributed by atoms with van der Waals surface area (Å²) >= 11 is 0. The molecule has 9 heteroatoms. The molecule has 0 bridgehead atoms. The Hall–Kier alpha value is -3.53. The normalized spacial score (nSPS) is 22.7. The van der Waals surface area contributed by atoms with Crippen molar-refractivity contribution in [1.29, 1.82) is 0 Å². The van der Waals surface area contributed by atoms with Gasteiger partial charge in [-0.25, -0.2) is 0 Å². The lowest BCUT2D eigenvalue weighted by molar-refractivity contribution is -0.123. The van der Waals surface area contributed by atoms with Crippen molar-refractivity contribution in [3.05, 3.63) is 65.2 Å². The summed E-state index contributed by atoms with van der Waals surface area (Å²) < 4.78 is 0. The number of fused-ring (bicyclic) bond motifs is 2. The van der Waals surface area contributed by atoms with Crippen LogP contribution in [0.4, 0.5) is 11.4 Å². The Kier molecular flexibility index (Phi) is 6.04. The van der Waals surface area contributed by atoms with E-state index in [1.165, 1.54) is 0 Å². The number of carbonyl (C=O) groups excluding carboxylic acids is 3. The zero-order chi connectivity index (χ0) is 22.8. The SMILES string of the molecule is NCC(=O)NCC(=O)Nc1ccc2c(c1)C(=CC1CC(O)c3ccccc3C1O)C(=O)N2. The molecule has 1 aliphatic heterocycles. The molecule has 2 aliphatic rings. The Labute approximate surface area is 184 Å². The molecular formula is C23H24N4O5. The maximum absolute atomic E-state index is 12.6. The maximum atomic E-state index is 12.6. The summed E-state index contributed by atoms with van der Waals surface area (Å²) in [6.45, 7) is -0.432. The van der Waals surface area contributed by atoms with Gasteiger partial charge in [-0.1, -0.05) is 30.3 Å². The molecule has 3 atom stereocenters. The van der Waals surface area contributed by atoms with Gasteiger partial charge in [0.25, 0.3) is 5.91 Å². The Bertz CT molecular complexity index is 1110. The second-order valence-electron chi connectivity index (χ2n) is 7.81. The van der Waals surface area contributed by atoms with E-state index in [1.54, 1.807) is 42.5 Å². The van der Waals surface area contributed by atoms with Gasteiger partial charge in [0, 0.05) is 28.4 Å². The van der Waals surface area contributed by atoms with Crippen molar-refractivity contribution in [2.24, 2.45) is 11.7 Å². The molecule has 4 rings (SSSR count). The van der Waals surface area contributed by atoms with Crippen LogP contribution in [0.3, 0.4) is 0 Å². The van der Waals surface area contributed by atoms with Gasteiger partial charge in [0.1, 0.15) is 0 Å². The van der Waals surface area contributed by atoms with Gasteiger partial charge in [0.15, 0.2) is 0 Å². The topological polar surface area (TPSA) is 154 Å². The van der Waals surface area contributed by atoms with Crippen molar-refractivity contribution in [2.75, 3.05) is 23.7 Å². The monoisotopic (exact) mass is 436 g/mol. The number of hydrogen-bond acceptors (Lipinski definition) is 6. The molecule has 0 saturated carbocycles. The number of nitrogens with two attached hydrogens (primary N) is 1. The lowest BCUT2D eigenvalue weighted by Crippen LogP contribution is -2.36. The number of carbonyl (C=O) groups is 3. The molecule has 3 unspecified atom stereocenters. The lowest BCUT2D eigenvalue weighted by atomic mass is 9.78. The van der Waals surface area contributed by atoms with Crippen LogP contribution >= 0.6 is 0 Å². The zero-order valence-corrected chi connectivity index (χ0v) is 17.2. The summed E-state index contributed by atoms with van der Waals surface area (Å²) in [4.78, 5) is 35.9. The molecule has 1 aliphatic carbocycles. The Balaban J connectivity index is 1.57. The van der Waals surface area contributed by atoms with E-state index >= 15 is 0 Å².